The molecule has 0 bridgehead atoms. The summed E-state index contributed by atoms with van der Waals surface area (Å²) in [6.45, 7) is 4.08. The van der Waals surface area contributed by atoms with Crippen molar-refractivity contribution in [3.8, 4) is 0 Å². The van der Waals surface area contributed by atoms with E-state index in [4.69, 9.17) is 5.11 Å². The van der Waals surface area contributed by atoms with Crippen LogP contribution in [-0.2, 0) is 4.79 Å². The number of rotatable bonds is 2. The topological polar surface area (TPSA) is 73.7 Å². The smallest absolute Gasteiger partial charge is 0.339 e. The molecule has 1 amide bonds. The van der Waals surface area contributed by atoms with Crippen LogP contribution in [0.2, 0.25) is 0 Å². The minimum absolute atomic E-state index is 0.0582. The van der Waals surface area contributed by atoms with Crippen molar-refractivity contribution in [2.24, 2.45) is 0 Å². The molecule has 18 heavy (non-hydrogen) atoms. The van der Waals surface area contributed by atoms with E-state index in [0.717, 1.165) is 0 Å². The highest BCUT2D eigenvalue weighted by molar-refractivity contribution is 5.94. The van der Waals surface area contributed by atoms with Gasteiger partial charge >= 0.3 is 5.97 Å². The molecule has 0 atom stereocenters. The van der Waals surface area contributed by atoms with Crippen molar-refractivity contribution < 1.29 is 14.7 Å². The van der Waals surface area contributed by atoms with Gasteiger partial charge in [0.15, 0.2) is 0 Å². The van der Waals surface area contributed by atoms with Crippen molar-refractivity contribution in [1.29, 1.82) is 0 Å². The Balaban J connectivity index is 2.15. The Bertz CT molecular complexity index is 467. The fourth-order valence-electron chi connectivity index (χ4n) is 2.09. The minimum Gasteiger partial charge on any atom is -0.478 e. The van der Waals surface area contributed by atoms with Crippen LogP contribution in [0, 0.1) is 0 Å². The minimum atomic E-state index is -0.980. The number of piperazine rings is 1. The molecule has 1 N–H and O–H groups in total. The number of amides is 1. The SMILES string of the molecule is CC(=O)N1CCN(c2ccncc2C(=O)O)CC1. The first-order chi connectivity index (χ1) is 8.59. The van der Waals surface area contributed by atoms with Crippen LogP contribution in [0.4, 0.5) is 5.69 Å². The molecule has 0 aliphatic carbocycles. The van der Waals surface area contributed by atoms with Crippen molar-refractivity contribution in [2.45, 2.75) is 6.92 Å². The van der Waals surface area contributed by atoms with Gasteiger partial charge in [0.05, 0.1) is 5.69 Å². The number of hydrogen-bond donors (Lipinski definition) is 1. The summed E-state index contributed by atoms with van der Waals surface area (Å²) in [6, 6.07) is 1.70. The number of carbonyl (C=O) groups excluding carboxylic acids is 1. The van der Waals surface area contributed by atoms with Crippen molar-refractivity contribution in [1.82, 2.24) is 9.88 Å². The van der Waals surface area contributed by atoms with Crippen LogP contribution in [-0.4, -0.2) is 53.0 Å². The van der Waals surface area contributed by atoms with Crippen LogP contribution < -0.4 is 4.90 Å². The molecule has 6 heteroatoms. The number of carboxylic acid groups (broad SMARTS) is 1. The number of anilines is 1. The second-order valence-corrected chi connectivity index (χ2v) is 4.19. The van der Waals surface area contributed by atoms with Crippen LogP contribution in [0.1, 0.15) is 17.3 Å². The van der Waals surface area contributed by atoms with Gasteiger partial charge in [0.2, 0.25) is 5.91 Å². The standard InChI is InChI=1S/C12H15N3O3/c1-9(16)14-4-6-15(7-5-14)11-2-3-13-8-10(11)12(17)18/h2-3,8H,4-7H2,1H3,(H,17,18). The van der Waals surface area contributed by atoms with E-state index in [0.29, 0.717) is 31.9 Å². The van der Waals surface area contributed by atoms with Crippen molar-refractivity contribution in [2.75, 3.05) is 31.1 Å². The Morgan fingerprint density at radius 2 is 1.94 bits per heavy atom. The Morgan fingerprint density at radius 1 is 1.28 bits per heavy atom. The lowest BCUT2D eigenvalue weighted by molar-refractivity contribution is -0.129. The maximum atomic E-state index is 11.2. The number of hydrogen-bond acceptors (Lipinski definition) is 4. The lowest BCUT2D eigenvalue weighted by Crippen LogP contribution is -2.48. The first kappa shape index (κ1) is 12.3. The van der Waals surface area contributed by atoms with E-state index in [-0.39, 0.29) is 11.5 Å². The molecular weight excluding hydrogens is 234 g/mol. The number of nitrogens with zero attached hydrogens (tertiary/aromatic N) is 3. The summed E-state index contributed by atoms with van der Waals surface area (Å²) in [6.07, 6.45) is 2.94. The molecular formula is C12H15N3O3. The van der Waals surface area contributed by atoms with E-state index < -0.39 is 5.97 Å². The highest BCUT2D eigenvalue weighted by Gasteiger charge is 2.22. The molecule has 0 radical (unpaired) electrons. The highest BCUT2D eigenvalue weighted by Crippen LogP contribution is 2.20. The van der Waals surface area contributed by atoms with Gasteiger partial charge in [-0.1, -0.05) is 0 Å². The van der Waals surface area contributed by atoms with Gasteiger partial charge in [-0.3, -0.25) is 9.78 Å². The van der Waals surface area contributed by atoms with Gasteiger partial charge in [-0.05, 0) is 6.07 Å². The molecule has 1 fully saturated rings. The molecule has 2 rings (SSSR count). The largest absolute Gasteiger partial charge is 0.478 e. The summed E-state index contributed by atoms with van der Waals surface area (Å²) in [5.41, 5.74) is 0.870. The van der Waals surface area contributed by atoms with Gasteiger partial charge in [0.1, 0.15) is 5.56 Å². The third-order valence-electron chi connectivity index (χ3n) is 3.09. The molecule has 2 heterocycles. The van der Waals surface area contributed by atoms with Gasteiger partial charge in [0.25, 0.3) is 0 Å². The molecule has 1 saturated heterocycles. The van der Waals surface area contributed by atoms with Crippen LogP contribution in [0.3, 0.4) is 0 Å². The zero-order valence-corrected chi connectivity index (χ0v) is 10.2. The zero-order chi connectivity index (χ0) is 13.1. The van der Waals surface area contributed by atoms with E-state index in [1.54, 1.807) is 24.1 Å². The lowest BCUT2D eigenvalue weighted by Gasteiger charge is -2.36. The second kappa shape index (κ2) is 5.03. The van der Waals surface area contributed by atoms with Crippen LogP contribution in [0.15, 0.2) is 18.5 Å². The Labute approximate surface area is 105 Å². The van der Waals surface area contributed by atoms with Gasteiger partial charge < -0.3 is 14.9 Å². The molecule has 0 saturated carbocycles. The van der Waals surface area contributed by atoms with Crippen LogP contribution >= 0.6 is 0 Å². The van der Waals surface area contributed by atoms with Gasteiger partial charge in [0, 0.05) is 45.5 Å². The van der Waals surface area contributed by atoms with Gasteiger partial charge in [-0.15, -0.1) is 0 Å². The lowest BCUT2D eigenvalue weighted by atomic mass is 10.2. The molecule has 1 aromatic heterocycles. The Morgan fingerprint density at radius 3 is 2.50 bits per heavy atom. The summed E-state index contributed by atoms with van der Waals surface area (Å²) < 4.78 is 0. The summed E-state index contributed by atoms with van der Waals surface area (Å²) in [5.74, 6) is -0.921. The normalized spacial score (nSPS) is 15.6. The summed E-state index contributed by atoms with van der Waals surface area (Å²) >= 11 is 0. The van der Waals surface area contributed by atoms with Crippen molar-refractivity contribution in [3.63, 3.8) is 0 Å². The van der Waals surface area contributed by atoms with Gasteiger partial charge in [-0.2, -0.15) is 0 Å². The monoisotopic (exact) mass is 249 g/mol. The van der Waals surface area contributed by atoms with Crippen molar-refractivity contribution in [3.05, 3.63) is 24.0 Å². The molecule has 0 spiro atoms. The molecule has 0 unspecified atom stereocenters. The predicted molar refractivity (Wildman–Crippen MR) is 65.7 cm³/mol. The maximum absolute atomic E-state index is 11.2. The summed E-state index contributed by atoms with van der Waals surface area (Å²) in [4.78, 5) is 29.9. The van der Waals surface area contributed by atoms with Crippen LogP contribution in [0.5, 0.6) is 0 Å². The van der Waals surface area contributed by atoms with Crippen molar-refractivity contribution >= 4 is 17.6 Å². The van der Waals surface area contributed by atoms with E-state index in [1.807, 2.05) is 4.90 Å². The fraction of sp³-hybridized carbons (Fsp3) is 0.417. The number of carboxylic acids is 1. The van der Waals surface area contributed by atoms with Gasteiger partial charge in [-0.25, -0.2) is 4.79 Å². The van der Waals surface area contributed by atoms with E-state index in [2.05, 4.69) is 4.98 Å². The second-order valence-electron chi connectivity index (χ2n) is 4.19. The molecule has 0 aromatic carbocycles. The Hall–Kier alpha value is -2.11. The van der Waals surface area contributed by atoms with E-state index in [9.17, 15) is 9.59 Å². The number of pyridine rings is 1. The quantitative estimate of drug-likeness (QED) is 0.823. The maximum Gasteiger partial charge on any atom is 0.339 e. The molecule has 1 aliphatic rings. The third-order valence-corrected chi connectivity index (χ3v) is 3.09. The molecule has 1 aliphatic heterocycles. The first-order valence-electron chi connectivity index (χ1n) is 5.77. The molecule has 96 valence electrons. The fourth-order valence-corrected chi connectivity index (χ4v) is 2.09. The van der Waals surface area contributed by atoms with E-state index in [1.165, 1.54) is 6.20 Å². The number of aromatic nitrogens is 1. The Kier molecular flexibility index (Phi) is 3.45. The molecule has 1 aromatic rings. The zero-order valence-electron chi connectivity index (χ0n) is 10.2. The average molecular weight is 249 g/mol. The average Bonchev–Trinajstić information content (AvgIpc) is 2.39. The summed E-state index contributed by atoms with van der Waals surface area (Å²) in [7, 11) is 0. The summed E-state index contributed by atoms with van der Waals surface area (Å²) in [5, 5.41) is 9.11. The highest BCUT2D eigenvalue weighted by atomic mass is 16.4. The van der Waals surface area contributed by atoms with Crippen LogP contribution in [0.25, 0.3) is 0 Å². The first-order valence-corrected chi connectivity index (χ1v) is 5.77. The third kappa shape index (κ3) is 2.42. The van der Waals surface area contributed by atoms with E-state index >= 15 is 0 Å². The predicted octanol–water partition coefficient (Wildman–Crippen LogP) is 0.448. The number of carbonyl (C=O) groups is 2. The molecule has 6 nitrogen and oxygen atoms in total. The number of aromatic carboxylic acids is 1.